The summed E-state index contributed by atoms with van der Waals surface area (Å²) >= 11 is 0. The van der Waals surface area contributed by atoms with E-state index in [1.54, 1.807) is 53.7 Å². The van der Waals surface area contributed by atoms with Crippen LogP contribution >= 0.6 is 0 Å². The van der Waals surface area contributed by atoms with Gasteiger partial charge in [0.2, 0.25) is 0 Å². The molecule has 0 heterocycles. The molecule has 0 aliphatic carbocycles. The molecule has 5 aromatic carbocycles. The van der Waals surface area contributed by atoms with Gasteiger partial charge >= 0.3 is 59.7 Å². The first-order chi connectivity index (χ1) is 31.5. The van der Waals surface area contributed by atoms with Gasteiger partial charge in [0.15, 0.2) is 0 Å². The van der Waals surface area contributed by atoms with Gasteiger partial charge in [0.05, 0.1) is 55.6 Å². The largest absolute Gasteiger partial charge is 0.478 e. The standard InChI is InChI=1S/C11H12O4.2C10H10O4.C9H8O4.C8H6O4/c1-5-4-8(10(12)13)9(11(14)15)7(3)6(5)2;1-5-3-7(9(11)12)8(10(13)14)4-6(5)2;1-2-6-3-4-7(9(11)12)8(5-6)10(13)14;1-5-2-3-6(8(10)11)7(4-5)9(12)13;9-7(10)5-3-1-2-4-6(5)8(11)12/h4H,1-3H3,(H,12,13)(H,14,15);3-4H,1-2H3,(H,11,12)(H,13,14);3-5H,2H2,1H3,(H,11,12)(H,13,14);2-4H,1H3,(H,10,11)(H,12,13);1-4H,(H,9,10)(H,11,12). The van der Waals surface area contributed by atoms with Crippen LogP contribution in [0.15, 0.2) is 78.9 Å². The molecule has 0 aromatic heterocycles. The van der Waals surface area contributed by atoms with Crippen molar-refractivity contribution in [1.29, 1.82) is 0 Å². The van der Waals surface area contributed by atoms with Crippen molar-refractivity contribution in [1.82, 2.24) is 0 Å². The van der Waals surface area contributed by atoms with E-state index in [-0.39, 0.29) is 55.6 Å². The molecule has 0 fully saturated rings. The Labute approximate surface area is 386 Å². The maximum Gasteiger partial charge on any atom is 0.336 e. The monoisotopic (exact) mass is 942 g/mol. The summed E-state index contributed by atoms with van der Waals surface area (Å²) in [5.74, 6) is -12.2. The van der Waals surface area contributed by atoms with Crippen molar-refractivity contribution in [2.24, 2.45) is 0 Å². The van der Waals surface area contributed by atoms with Crippen molar-refractivity contribution in [3.63, 3.8) is 0 Å². The Morgan fingerprint density at radius 1 is 0.324 bits per heavy atom. The fraction of sp³-hybridized carbons (Fsp3) is 0.167. The number of carboxylic acid groups (broad SMARTS) is 10. The van der Waals surface area contributed by atoms with Crippen LogP contribution in [0.3, 0.4) is 0 Å². The second-order valence-electron chi connectivity index (χ2n) is 14.2. The zero-order valence-corrected chi connectivity index (χ0v) is 37.3. The second kappa shape index (κ2) is 25.3. The first kappa shape index (κ1) is 56.8. The van der Waals surface area contributed by atoms with Crippen LogP contribution in [0.4, 0.5) is 0 Å². The summed E-state index contributed by atoms with van der Waals surface area (Å²) in [6.45, 7) is 12.2. The van der Waals surface area contributed by atoms with Crippen molar-refractivity contribution >= 4 is 59.7 Å². The Bertz CT molecular complexity index is 2740. The molecular formula is C48H46O20. The van der Waals surface area contributed by atoms with Gasteiger partial charge in [-0.25, -0.2) is 47.9 Å². The minimum absolute atomic E-state index is 0.120. The predicted molar refractivity (Wildman–Crippen MR) is 240 cm³/mol. The number of hydrogen-bond acceptors (Lipinski definition) is 10. The lowest BCUT2D eigenvalue weighted by molar-refractivity contribution is 0.0650. The van der Waals surface area contributed by atoms with E-state index in [0.717, 1.165) is 33.4 Å². The zero-order valence-electron chi connectivity index (χ0n) is 37.3. The summed E-state index contributed by atoms with van der Waals surface area (Å²) in [6.07, 6.45) is 0.681. The summed E-state index contributed by atoms with van der Waals surface area (Å²) in [5.41, 5.74) is 3.53. The summed E-state index contributed by atoms with van der Waals surface area (Å²) in [4.78, 5) is 107. The third-order valence-electron chi connectivity index (χ3n) is 9.67. The van der Waals surface area contributed by atoms with Crippen LogP contribution in [0.25, 0.3) is 0 Å². The maximum absolute atomic E-state index is 10.9. The molecule has 10 N–H and O–H groups in total. The third-order valence-corrected chi connectivity index (χ3v) is 9.67. The molecule has 358 valence electrons. The fourth-order valence-electron chi connectivity index (χ4n) is 5.75. The molecule has 5 aromatic rings. The number of aromatic carboxylic acids is 10. The van der Waals surface area contributed by atoms with Crippen LogP contribution in [-0.2, 0) is 6.42 Å². The summed E-state index contributed by atoms with van der Waals surface area (Å²) in [7, 11) is 0. The van der Waals surface area contributed by atoms with Gasteiger partial charge in [0, 0.05) is 0 Å². The van der Waals surface area contributed by atoms with Crippen LogP contribution in [0, 0.1) is 41.5 Å². The van der Waals surface area contributed by atoms with Gasteiger partial charge in [-0.2, -0.15) is 0 Å². The van der Waals surface area contributed by atoms with E-state index in [2.05, 4.69) is 0 Å². The molecule has 0 amide bonds. The number of benzene rings is 5. The summed E-state index contributed by atoms with van der Waals surface area (Å²) in [6, 6.07) is 18.2. The van der Waals surface area contributed by atoms with Gasteiger partial charge in [-0.15, -0.1) is 0 Å². The predicted octanol–water partition coefficient (Wildman–Crippen LogP) is 7.83. The molecule has 0 bridgehead atoms. The van der Waals surface area contributed by atoms with Gasteiger partial charge in [0.1, 0.15) is 0 Å². The van der Waals surface area contributed by atoms with Crippen molar-refractivity contribution in [2.45, 2.75) is 54.9 Å². The first-order valence-electron chi connectivity index (χ1n) is 19.4. The highest BCUT2D eigenvalue weighted by atomic mass is 16.4. The molecule has 0 saturated carbocycles. The lowest BCUT2D eigenvalue weighted by atomic mass is 9.94. The Hall–Kier alpha value is -9.20. The van der Waals surface area contributed by atoms with E-state index in [4.69, 9.17) is 51.1 Å². The van der Waals surface area contributed by atoms with E-state index in [1.165, 1.54) is 66.7 Å². The lowest BCUT2D eigenvalue weighted by Gasteiger charge is -2.11. The van der Waals surface area contributed by atoms with Crippen LogP contribution in [0.2, 0.25) is 0 Å². The van der Waals surface area contributed by atoms with E-state index < -0.39 is 59.7 Å². The van der Waals surface area contributed by atoms with Gasteiger partial charge in [-0.1, -0.05) is 36.8 Å². The molecule has 0 aliphatic heterocycles. The lowest BCUT2D eigenvalue weighted by Crippen LogP contribution is -2.12. The van der Waals surface area contributed by atoms with Gasteiger partial charge in [-0.3, -0.25) is 0 Å². The van der Waals surface area contributed by atoms with E-state index in [1.807, 2.05) is 6.92 Å². The molecule has 5 rings (SSSR count). The minimum Gasteiger partial charge on any atom is -0.478 e. The highest BCUT2D eigenvalue weighted by molar-refractivity contribution is 6.05. The van der Waals surface area contributed by atoms with Crippen molar-refractivity contribution < 1.29 is 99.0 Å². The Balaban J connectivity index is 0.000000426. The quantitative estimate of drug-likeness (QED) is 0.0602. The highest BCUT2D eigenvalue weighted by Gasteiger charge is 2.22. The number of aryl methyl sites for hydroxylation is 5. The number of hydrogen-bond donors (Lipinski definition) is 10. The molecule has 20 heteroatoms. The summed E-state index contributed by atoms with van der Waals surface area (Å²) < 4.78 is 0. The van der Waals surface area contributed by atoms with Gasteiger partial charge in [0.25, 0.3) is 0 Å². The Kier molecular flexibility index (Phi) is 21.2. The third kappa shape index (κ3) is 15.8. The molecular weight excluding hydrogens is 897 g/mol. The summed E-state index contributed by atoms with van der Waals surface area (Å²) in [5, 5.41) is 87.3. The van der Waals surface area contributed by atoms with E-state index in [0.29, 0.717) is 12.0 Å². The topological polar surface area (TPSA) is 373 Å². The molecule has 0 radical (unpaired) electrons. The molecule has 0 atom stereocenters. The molecule has 0 unspecified atom stereocenters. The SMILES string of the molecule is CCc1ccc(C(=O)O)c(C(=O)O)c1.Cc1cc(C(=O)O)c(C(=O)O)c(C)c1C.Cc1cc(C(=O)O)c(C(=O)O)cc1C.Cc1ccc(C(=O)O)c(C(=O)O)c1.O=C(O)c1ccccc1C(=O)O. The van der Waals surface area contributed by atoms with Crippen molar-refractivity contribution in [2.75, 3.05) is 0 Å². The van der Waals surface area contributed by atoms with Crippen LogP contribution in [0.5, 0.6) is 0 Å². The van der Waals surface area contributed by atoms with Crippen LogP contribution in [-0.4, -0.2) is 111 Å². The van der Waals surface area contributed by atoms with Gasteiger partial charge < -0.3 is 51.1 Å². The molecule has 68 heavy (non-hydrogen) atoms. The van der Waals surface area contributed by atoms with E-state index in [9.17, 15) is 47.9 Å². The molecule has 0 aliphatic rings. The van der Waals surface area contributed by atoms with Crippen molar-refractivity contribution in [3.05, 3.63) is 173 Å². The smallest absolute Gasteiger partial charge is 0.336 e. The molecule has 0 saturated heterocycles. The average Bonchev–Trinajstić information content (AvgIpc) is 3.26. The second-order valence-corrected chi connectivity index (χ2v) is 14.2. The van der Waals surface area contributed by atoms with Crippen LogP contribution in [0.1, 0.15) is 149 Å². The Morgan fingerprint density at radius 3 is 0.971 bits per heavy atom. The maximum atomic E-state index is 10.9. The minimum atomic E-state index is -1.23. The highest BCUT2D eigenvalue weighted by Crippen LogP contribution is 2.22. The number of carbonyl (C=O) groups is 10. The molecule has 20 nitrogen and oxygen atoms in total. The Morgan fingerprint density at radius 2 is 0.632 bits per heavy atom. The van der Waals surface area contributed by atoms with Crippen molar-refractivity contribution in [3.8, 4) is 0 Å². The average molecular weight is 943 g/mol. The molecule has 0 spiro atoms. The first-order valence-corrected chi connectivity index (χ1v) is 19.4. The number of carboxylic acids is 10. The van der Waals surface area contributed by atoms with Crippen LogP contribution < -0.4 is 0 Å². The zero-order chi connectivity index (χ0) is 52.5. The fourth-order valence-corrected chi connectivity index (χ4v) is 5.75. The van der Waals surface area contributed by atoms with Gasteiger partial charge in [-0.05, 0) is 136 Å². The van der Waals surface area contributed by atoms with E-state index >= 15 is 0 Å². The number of rotatable bonds is 11. The normalized spacial score (nSPS) is 9.75.